The number of hydrogen-bond acceptors (Lipinski definition) is 10. The number of amides is 1. The molecule has 278 valence electrons. The summed E-state index contributed by atoms with van der Waals surface area (Å²) in [6, 6.07) is 4.50. The number of phenols is 1. The fourth-order valence-electron chi connectivity index (χ4n) is 8.40. The Kier molecular flexibility index (Phi) is 14.3. The van der Waals surface area contributed by atoms with Crippen LogP contribution in [0.1, 0.15) is 89.0 Å². The molecule has 4 aliphatic rings. The van der Waals surface area contributed by atoms with Gasteiger partial charge in [-0.3, -0.25) is 4.90 Å². The maximum atomic E-state index is 13.9. The predicted molar refractivity (Wildman–Crippen MR) is 190 cm³/mol. The van der Waals surface area contributed by atoms with Gasteiger partial charge in [0.05, 0.1) is 30.7 Å². The molecule has 1 amide bonds. The summed E-state index contributed by atoms with van der Waals surface area (Å²) in [6.07, 6.45) is 11.2. The lowest BCUT2D eigenvalue weighted by atomic mass is 9.55. The fraction of sp³-hybridized carbons (Fsp3) is 0.684. The van der Waals surface area contributed by atoms with Crippen LogP contribution in [0.3, 0.4) is 0 Å². The summed E-state index contributed by atoms with van der Waals surface area (Å²) in [5.41, 5.74) is 2.48. The number of carbonyl (C=O) groups is 1. The topological polar surface area (TPSA) is 140 Å². The van der Waals surface area contributed by atoms with Crippen LogP contribution in [-0.4, -0.2) is 95.6 Å². The number of carbonyl (C=O) groups excluding carboxylic acids is 1. The molecule has 1 saturated carbocycles. The smallest absolute Gasteiger partial charge is 0.410 e. The first-order valence-electron chi connectivity index (χ1n) is 18.5. The second-order valence-electron chi connectivity index (χ2n) is 13.7. The Morgan fingerprint density at radius 1 is 1.18 bits per heavy atom. The Balaban J connectivity index is 1.74. The molecule has 2 fully saturated rings. The number of oxime groups is 1. The Morgan fingerprint density at radius 3 is 2.68 bits per heavy atom. The van der Waals surface area contributed by atoms with E-state index in [1.165, 1.54) is 0 Å². The third-order valence-electron chi connectivity index (χ3n) is 10.5. The van der Waals surface area contributed by atoms with Gasteiger partial charge in [-0.05, 0) is 80.6 Å². The van der Waals surface area contributed by atoms with Crippen LogP contribution < -0.4 is 4.74 Å². The zero-order valence-corrected chi connectivity index (χ0v) is 30.1. The Labute approximate surface area is 301 Å². The van der Waals surface area contributed by atoms with Gasteiger partial charge in [0.25, 0.3) is 0 Å². The molecule has 12 heteroatoms. The second kappa shape index (κ2) is 18.6. The molecule has 1 saturated heterocycles. The molecule has 1 aromatic carbocycles. The maximum absolute atomic E-state index is 13.9. The summed E-state index contributed by atoms with van der Waals surface area (Å²) in [7, 11) is 0. The van der Waals surface area contributed by atoms with E-state index in [-0.39, 0.29) is 62.2 Å². The highest BCUT2D eigenvalue weighted by molar-refractivity contribution is 6.18. The number of allylic oxidation sites excluding steroid dienone is 1. The molecule has 0 radical (unpaired) electrons. The average molecular weight is 719 g/mol. The number of nitrogens with zero attached hydrogens (tertiary/aromatic N) is 2. The SMILES string of the molecule is C=CCO[C@@]12Oc3ccc(O)cc3[C@H]3[C@H](CCCCO)[C@@H](CCCCO)C=C(C(=NOC4CCCCO4)C[C@@H]1N(CCC)C(=O)OCCCl)[C@H]32. The zero-order valence-electron chi connectivity index (χ0n) is 29.3. The highest BCUT2D eigenvalue weighted by Gasteiger charge is 2.65. The molecule has 3 N–H and O–H groups in total. The van der Waals surface area contributed by atoms with Crippen LogP contribution in [-0.2, 0) is 19.0 Å². The summed E-state index contributed by atoms with van der Waals surface area (Å²) in [4.78, 5) is 21.7. The van der Waals surface area contributed by atoms with Crippen molar-refractivity contribution in [1.82, 2.24) is 4.90 Å². The number of fused-ring (bicyclic) bond motifs is 2. The van der Waals surface area contributed by atoms with Gasteiger partial charge in [0.1, 0.15) is 24.1 Å². The number of rotatable bonds is 18. The third-order valence-corrected chi connectivity index (χ3v) is 10.6. The summed E-state index contributed by atoms with van der Waals surface area (Å²) in [6.45, 7) is 7.36. The Morgan fingerprint density at radius 2 is 1.98 bits per heavy atom. The van der Waals surface area contributed by atoms with E-state index < -0.39 is 30.1 Å². The van der Waals surface area contributed by atoms with Gasteiger partial charge in [0.2, 0.25) is 12.1 Å². The lowest BCUT2D eigenvalue weighted by Crippen LogP contribution is -2.70. The molecule has 1 unspecified atom stereocenters. The molecule has 2 aliphatic carbocycles. The van der Waals surface area contributed by atoms with E-state index in [2.05, 4.69) is 12.7 Å². The van der Waals surface area contributed by atoms with Crippen LogP contribution >= 0.6 is 11.6 Å². The first kappa shape index (κ1) is 38.4. The van der Waals surface area contributed by atoms with E-state index >= 15 is 0 Å². The summed E-state index contributed by atoms with van der Waals surface area (Å²) in [5.74, 6) is -1.02. The molecule has 2 aliphatic heterocycles. The Hall–Kier alpha value is -2.83. The molecule has 0 bridgehead atoms. The standard InChI is InChI=1S/C38H55ClN2O9/c1-3-17-41(37(45)47-22-16-39)33-25-31(40-50-34-13-7-10-21-46-34)29-23-26(11-5-8-18-42)28(12-6-9-19-43)35-30-24-27(44)14-15-32(30)49-38(33,36(29)35)48-20-4-2/h4,14-15,23-24,26,28,33-36,42-44H,2-3,5-13,16-22,25H2,1H3/t26-,28+,33-,34?,35+,36+,38+/m0/s1. The van der Waals surface area contributed by atoms with Crippen molar-refractivity contribution in [3.63, 3.8) is 0 Å². The van der Waals surface area contributed by atoms with Gasteiger partial charge in [0.15, 0.2) is 0 Å². The third kappa shape index (κ3) is 8.44. The van der Waals surface area contributed by atoms with Gasteiger partial charge in [0, 0.05) is 44.1 Å². The van der Waals surface area contributed by atoms with Gasteiger partial charge >= 0.3 is 6.09 Å². The van der Waals surface area contributed by atoms with Gasteiger partial charge in [-0.25, -0.2) is 4.79 Å². The van der Waals surface area contributed by atoms with Gasteiger partial charge < -0.3 is 39.1 Å². The van der Waals surface area contributed by atoms with Crippen molar-refractivity contribution in [1.29, 1.82) is 0 Å². The number of aliphatic hydroxyl groups excluding tert-OH is 2. The van der Waals surface area contributed by atoms with Crippen molar-refractivity contribution >= 4 is 23.4 Å². The normalized spacial score (nSPS) is 29.3. The second-order valence-corrected chi connectivity index (χ2v) is 14.1. The van der Waals surface area contributed by atoms with E-state index in [4.69, 9.17) is 40.5 Å². The number of alkyl halides is 1. The summed E-state index contributed by atoms with van der Waals surface area (Å²) in [5, 5.41) is 35.1. The average Bonchev–Trinajstić information content (AvgIpc) is 3.13. The molecule has 7 atom stereocenters. The van der Waals surface area contributed by atoms with Gasteiger partial charge in [-0.2, -0.15) is 0 Å². The van der Waals surface area contributed by atoms with E-state index in [1.54, 1.807) is 29.2 Å². The quantitative estimate of drug-likeness (QED) is 0.0660. The van der Waals surface area contributed by atoms with Crippen molar-refractivity contribution in [2.75, 3.05) is 45.5 Å². The number of aliphatic hydroxyl groups is 2. The molecular formula is C38H55ClN2O9. The maximum Gasteiger partial charge on any atom is 0.410 e. The number of hydrogen-bond donors (Lipinski definition) is 3. The zero-order chi connectivity index (χ0) is 35.5. The van der Waals surface area contributed by atoms with Crippen molar-refractivity contribution < 1.29 is 43.9 Å². The van der Waals surface area contributed by atoms with Crippen LogP contribution in [0.4, 0.5) is 4.79 Å². The number of aromatic hydroxyl groups is 1. The predicted octanol–water partition coefficient (Wildman–Crippen LogP) is 6.64. The molecule has 5 rings (SSSR count). The van der Waals surface area contributed by atoms with E-state index in [1.807, 2.05) is 6.92 Å². The lowest BCUT2D eigenvalue weighted by molar-refractivity contribution is -0.255. The van der Waals surface area contributed by atoms with Crippen LogP contribution in [0.2, 0.25) is 0 Å². The monoisotopic (exact) mass is 718 g/mol. The molecule has 11 nitrogen and oxygen atoms in total. The minimum atomic E-state index is -1.38. The van der Waals surface area contributed by atoms with Crippen LogP contribution in [0.5, 0.6) is 11.5 Å². The largest absolute Gasteiger partial charge is 0.508 e. The van der Waals surface area contributed by atoms with Crippen LogP contribution in [0, 0.1) is 17.8 Å². The van der Waals surface area contributed by atoms with Crippen LogP contribution in [0.25, 0.3) is 0 Å². The van der Waals surface area contributed by atoms with Crippen molar-refractivity contribution in [2.24, 2.45) is 22.9 Å². The van der Waals surface area contributed by atoms with E-state index in [0.717, 1.165) is 56.1 Å². The van der Waals surface area contributed by atoms with Crippen LogP contribution in [0.15, 0.2) is 47.7 Å². The Bertz CT molecular complexity index is 1340. The van der Waals surface area contributed by atoms with E-state index in [0.29, 0.717) is 43.9 Å². The number of ether oxygens (including phenoxy) is 4. The number of halogens is 1. The molecule has 0 aromatic heterocycles. The summed E-state index contributed by atoms with van der Waals surface area (Å²) < 4.78 is 25.5. The number of benzene rings is 1. The highest BCUT2D eigenvalue weighted by Crippen LogP contribution is 2.62. The van der Waals surface area contributed by atoms with Crippen molar-refractivity contribution in [2.45, 2.75) is 102 Å². The molecule has 2 heterocycles. The van der Waals surface area contributed by atoms with Gasteiger partial charge in [-0.15, -0.1) is 18.2 Å². The van der Waals surface area contributed by atoms with Crippen molar-refractivity contribution in [3.8, 4) is 11.5 Å². The van der Waals surface area contributed by atoms with Crippen molar-refractivity contribution in [3.05, 3.63) is 48.1 Å². The van der Waals surface area contributed by atoms with E-state index in [9.17, 15) is 20.1 Å². The first-order chi connectivity index (χ1) is 24.4. The molecule has 50 heavy (non-hydrogen) atoms. The fourth-order valence-corrected chi connectivity index (χ4v) is 8.48. The molecular weight excluding hydrogens is 664 g/mol. The number of unbranched alkanes of at least 4 members (excludes halogenated alkanes) is 2. The summed E-state index contributed by atoms with van der Waals surface area (Å²) >= 11 is 5.96. The first-order valence-corrected chi connectivity index (χ1v) is 19.0. The number of phenolic OH excluding ortho intramolecular Hbond substituents is 1. The van der Waals surface area contributed by atoms with Gasteiger partial charge in [-0.1, -0.05) is 37.1 Å². The molecule has 1 aromatic rings. The highest BCUT2D eigenvalue weighted by atomic mass is 35.5. The minimum absolute atomic E-state index is 0.0551. The minimum Gasteiger partial charge on any atom is -0.508 e. The lowest BCUT2D eigenvalue weighted by Gasteiger charge is -2.59. The molecule has 0 spiro atoms.